The molecule has 3 nitrogen and oxygen atoms in total. The molecule has 0 atom stereocenters. The normalized spacial score (nSPS) is 11.6. The number of nitrogens with zero attached hydrogens (tertiary/aromatic N) is 2. The van der Waals surface area contributed by atoms with Crippen molar-refractivity contribution in [1.82, 2.24) is 10.3 Å². The van der Waals surface area contributed by atoms with E-state index in [9.17, 15) is 0 Å². The largest absolute Gasteiger partial charge is 0.357 e. The molecule has 0 radical (unpaired) electrons. The van der Waals surface area contributed by atoms with Crippen molar-refractivity contribution in [2.75, 3.05) is 25.0 Å². The zero-order chi connectivity index (χ0) is 13.1. The Morgan fingerprint density at radius 3 is 2.65 bits per heavy atom. The van der Waals surface area contributed by atoms with Gasteiger partial charge in [-0.1, -0.05) is 11.6 Å². The van der Waals surface area contributed by atoms with Crippen molar-refractivity contribution in [2.24, 2.45) is 0 Å². The second kappa shape index (κ2) is 6.03. The van der Waals surface area contributed by atoms with E-state index in [-0.39, 0.29) is 5.54 Å². The van der Waals surface area contributed by atoms with E-state index >= 15 is 0 Å². The summed E-state index contributed by atoms with van der Waals surface area (Å²) in [5.74, 6) is 0.811. The average Bonchev–Trinajstić information content (AvgIpc) is 2.15. The van der Waals surface area contributed by atoms with Gasteiger partial charge >= 0.3 is 0 Å². The van der Waals surface area contributed by atoms with Gasteiger partial charge in [0.25, 0.3) is 0 Å². The molecule has 0 aliphatic rings. The lowest BCUT2D eigenvalue weighted by molar-refractivity contribution is 0.430. The summed E-state index contributed by atoms with van der Waals surface area (Å²) >= 11 is 9.48. The molecular weight excluding hydrogens is 302 g/mol. The Labute approximate surface area is 117 Å². The van der Waals surface area contributed by atoms with Crippen LogP contribution in [0, 0.1) is 0 Å². The molecule has 1 heterocycles. The lowest BCUT2D eigenvalue weighted by Gasteiger charge is -2.24. The third-order valence-electron chi connectivity index (χ3n) is 2.25. The minimum atomic E-state index is 0.137. The highest BCUT2D eigenvalue weighted by molar-refractivity contribution is 9.10. The third-order valence-corrected chi connectivity index (χ3v) is 2.96. The Hall–Kier alpha value is -0.320. The predicted molar refractivity (Wildman–Crippen MR) is 78.0 cm³/mol. The number of rotatable bonds is 4. The SMILES string of the molecule is CN(CCNC(C)(C)C)c1ncc(Br)cc1Cl. The Morgan fingerprint density at radius 2 is 2.12 bits per heavy atom. The van der Waals surface area contributed by atoms with Crippen LogP contribution >= 0.6 is 27.5 Å². The number of pyridine rings is 1. The summed E-state index contributed by atoms with van der Waals surface area (Å²) in [6.07, 6.45) is 1.76. The number of nitrogens with one attached hydrogen (secondary N) is 1. The van der Waals surface area contributed by atoms with E-state index in [1.165, 1.54) is 0 Å². The number of anilines is 1. The van der Waals surface area contributed by atoms with Crippen molar-refractivity contribution in [2.45, 2.75) is 26.3 Å². The molecule has 0 fully saturated rings. The number of hydrogen-bond acceptors (Lipinski definition) is 3. The molecule has 0 bridgehead atoms. The number of hydrogen-bond donors (Lipinski definition) is 1. The first-order chi connectivity index (χ1) is 7.79. The summed E-state index contributed by atoms with van der Waals surface area (Å²) in [6.45, 7) is 8.22. The molecule has 1 aromatic rings. The van der Waals surface area contributed by atoms with Crippen molar-refractivity contribution in [3.63, 3.8) is 0 Å². The highest BCUT2D eigenvalue weighted by Crippen LogP contribution is 2.25. The smallest absolute Gasteiger partial charge is 0.147 e. The highest BCUT2D eigenvalue weighted by Gasteiger charge is 2.11. The number of likely N-dealkylation sites (N-methyl/N-ethyl adjacent to an activating group) is 1. The second-order valence-electron chi connectivity index (χ2n) is 5.06. The van der Waals surface area contributed by atoms with E-state index in [2.05, 4.69) is 47.0 Å². The minimum Gasteiger partial charge on any atom is -0.357 e. The van der Waals surface area contributed by atoms with Crippen LogP contribution < -0.4 is 10.2 Å². The van der Waals surface area contributed by atoms with Crippen molar-refractivity contribution in [3.8, 4) is 0 Å². The van der Waals surface area contributed by atoms with Gasteiger partial charge in [-0.15, -0.1) is 0 Å². The summed E-state index contributed by atoms with van der Waals surface area (Å²) in [7, 11) is 1.99. The quantitative estimate of drug-likeness (QED) is 0.922. The van der Waals surface area contributed by atoms with Crippen LogP contribution in [0.4, 0.5) is 5.82 Å². The average molecular weight is 321 g/mol. The van der Waals surface area contributed by atoms with Gasteiger partial charge in [0.1, 0.15) is 5.82 Å². The molecule has 0 aliphatic carbocycles. The third kappa shape index (κ3) is 5.23. The molecule has 17 heavy (non-hydrogen) atoms. The van der Waals surface area contributed by atoms with Crippen molar-refractivity contribution in [3.05, 3.63) is 21.8 Å². The Bertz CT molecular complexity index is 377. The van der Waals surface area contributed by atoms with Crippen molar-refractivity contribution >= 4 is 33.3 Å². The highest BCUT2D eigenvalue weighted by atomic mass is 79.9. The van der Waals surface area contributed by atoms with Crippen molar-refractivity contribution in [1.29, 1.82) is 0 Å². The van der Waals surface area contributed by atoms with Gasteiger partial charge in [0, 0.05) is 36.3 Å². The maximum atomic E-state index is 6.14. The van der Waals surface area contributed by atoms with E-state index in [4.69, 9.17) is 11.6 Å². The van der Waals surface area contributed by atoms with Crippen LogP contribution in [0.1, 0.15) is 20.8 Å². The van der Waals surface area contributed by atoms with Crippen LogP contribution in [-0.2, 0) is 0 Å². The minimum absolute atomic E-state index is 0.137. The van der Waals surface area contributed by atoms with Gasteiger partial charge in [-0.05, 0) is 42.8 Å². The summed E-state index contributed by atoms with van der Waals surface area (Å²) in [5.41, 5.74) is 0.137. The molecule has 96 valence electrons. The molecule has 5 heteroatoms. The Kier molecular flexibility index (Phi) is 5.22. The van der Waals surface area contributed by atoms with Crippen LogP contribution in [0.15, 0.2) is 16.7 Å². The molecule has 0 amide bonds. The van der Waals surface area contributed by atoms with E-state index in [1.807, 2.05) is 18.0 Å². The standard InChI is InChI=1S/C12H19BrClN3/c1-12(2,3)16-5-6-17(4)11-10(14)7-9(13)8-15-11/h7-8,16H,5-6H2,1-4H3. The molecule has 1 rings (SSSR count). The fraction of sp³-hybridized carbons (Fsp3) is 0.583. The van der Waals surface area contributed by atoms with Crippen LogP contribution in [0.3, 0.4) is 0 Å². The first-order valence-electron chi connectivity index (χ1n) is 5.57. The molecular formula is C12H19BrClN3. The lowest BCUT2D eigenvalue weighted by Crippen LogP contribution is -2.40. The summed E-state index contributed by atoms with van der Waals surface area (Å²) in [5, 5.41) is 4.10. The molecule has 1 aromatic heterocycles. The van der Waals surface area contributed by atoms with Gasteiger partial charge in [0.15, 0.2) is 0 Å². The van der Waals surface area contributed by atoms with Gasteiger partial charge in [-0.2, -0.15) is 0 Å². The Morgan fingerprint density at radius 1 is 1.47 bits per heavy atom. The van der Waals surface area contributed by atoms with Gasteiger partial charge < -0.3 is 10.2 Å². The zero-order valence-electron chi connectivity index (χ0n) is 10.7. The summed E-state index contributed by atoms with van der Waals surface area (Å²) in [6, 6.07) is 1.86. The van der Waals surface area contributed by atoms with E-state index in [1.54, 1.807) is 6.20 Å². The van der Waals surface area contributed by atoms with Gasteiger partial charge in [0.05, 0.1) is 5.02 Å². The van der Waals surface area contributed by atoms with E-state index in [0.29, 0.717) is 5.02 Å². The molecule has 0 spiro atoms. The fourth-order valence-corrected chi connectivity index (χ4v) is 2.17. The first-order valence-corrected chi connectivity index (χ1v) is 6.74. The van der Waals surface area contributed by atoms with E-state index < -0.39 is 0 Å². The first kappa shape index (κ1) is 14.7. The number of halogens is 2. The molecule has 0 saturated carbocycles. The maximum absolute atomic E-state index is 6.14. The molecule has 0 unspecified atom stereocenters. The number of aromatic nitrogens is 1. The van der Waals surface area contributed by atoms with Crippen LogP contribution in [-0.4, -0.2) is 30.7 Å². The van der Waals surface area contributed by atoms with E-state index in [0.717, 1.165) is 23.4 Å². The fourth-order valence-electron chi connectivity index (χ4n) is 1.39. The molecule has 0 aliphatic heterocycles. The molecule has 1 N–H and O–H groups in total. The van der Waals surface area contributed by atoms with Crippen LogP contribution in [0.25, 0.3) is 0 Å². The monoisotopic (exact) mass is 319 g/mol. The summed E-state index contributed by atoms with van der Waals surface area (Å²) < 4.78 is 0.896. The van der Waals surface area contributed by atoms with Crippen LogP contribution in [0.2, 0.25) is 5.02 Å². The van der Waals surface area contributed by atoms with Gasteiger partial charge in [-0.25, -0.2) is 4.98 Å². The predicted octanol–water partition coefficient (Wildman–Crippen LogP) is 3.32. The maximum Gasteiger partial charge on any atom is 0.147 e. The zero-order valence-corrected chi connectivity index (χ0v) is 13.1. The van der Waals surface area contributed by atoms with Gasteiger partial charge in [-0.3, -0.25) is 0 Å². The summed E-state index contributed by atoms with van der Waals surface area (Å²) in [4.78, 5) is 6.36. The topological polar surface area (TPSA) is 28.2 Å². The molecule has 0 saturated heterocycles. The Balaban J connectivity index is 2.55. The van der Waals surface area contributed by atoms with Gasteiger partial charge in [0.2, 0.25) is 0 Å². The second-order valence-corrected chi connectivity index (χ2v) is 6.38. The van der Waals surface area contributed by atoms with Crippen molar-refractivity contribution < 1.29 is 0 Å². The molecule has 0 aromatic carbocycles. The van der Waals surface area contributed by atoms with Crippen LogP contribution in [0.5, 0.6) is 0 Å². The lowest BCUT2D eigenvalue weighted by atomic mass is 10.1.